The van der Waals surface area contributed by atoms with Crippen LogP contribution in [0.1, 0.15) is 0 Å². The molecule has 88 valence electrons. The predicted molar refractivity (Wildman–Crippen MR) is 59.1 cm³/mol. The van der Waals surface area contributed by atoms with Crippen LogP contribution < -0.4 is 4.74 Å². The molecule has 0 aliphatic carbocycles. The summed E-state index contributed by atoms with van der Waals surface area (Å²) in [6.45, 7) is 0. The van der Waals surface area contributed by atoms with Crippen LogP contribution in [-0.2, 0) is 0 Å². The van der Waals surface area contributed by atoms with Gasteiger partial charge < -0.3 is 4.74 Å². The molecule has 0 fully saturated rings. The van der Waals surface area contributed by atoms with Crippen molar-refractivity contribution < 1.29 is 13.5 Å². The van der Waals surface area contributed by atoms with Crippen molar-refractivity contribution in [3.05, 3.63) is 34.6 Å². The SMILES string of the molecule is COc1nc(=S)nc(-c2cc(F)cc(F)c2)[nH]1. The van der Waals surface area contributed by atoms with E-state index in [1.165, 1.54) is 7.11 Å². The summed E-state index contributed by atoms with van der Waals surface area (Å²) in [6, 6.07) is 3.17. The predicted octanol–water partition coefficient (Wildman–Crippen LogP) is 2.49. The van der Waals surface area contributed by atoms with Crippen molar-refractivity contribution >= 4 is 12.2 Å². The lowest BCUT2D eigenvalue weighted by molar-refractivity contribution is 0.378. The molecule has 0 bridgehead atoms. The van der Waals surface area contributed by atoms with E-state index in [4.69, 9.17) is 17.0 Å². The third-order valence-corrected chi connectivity index (χ3v) is 2.14. The van der Waals surface area contributed by atoms with Crippen LogP contribution in [0.3, 0.4) is 0 Å². The molecule has 1 heterocycles. The van der Waals surface area contributed by atoms with Crippen LogP contribution in [0.4, 0.5) is 8.78 Å². The standard InChI is InChI=1S/C10H7F2N3OS/c1-16-9-13-8(14-10(17)15-9)5-2-6(11)4-7(12)3-5/h2-4H,1H3,(H,13,14,15,17). The fraction of sp³-hybridized carbons (Fsp3) is 0.100. The van der Waals surface area contributed by atoms with Gasteiger partial charge in [0.2, 0.25) is 4.77 Å². The van der Waals surface area contributed by atoms with Gasteiger partial charge in [-0.05, 0) is 24.4 Å². The van der Waals surface area contributed by atoms with Crippen LogP contribution in [0, 0.1) is 16.4 Å². The third-order valence-electron chi connectivity index (χ3n) is 1.96. The Morgan fingerprint density at radius 3 is 2.41 bits per heavy atom. The minimum absolute atomic E-state index is 0.0280. The highest BCUT2D eigenvalue weighted by molar-refractivity contribution is 7.71. The van der Waals surface area contributed by atoms with Crippen molar-refractivity contribution in [2.75, 3.05) is 7.11 Å². The first-order valence-electron chi connectivity index (χ1n) is 4.57. The Labute approximate surface area is 100 Å². The molecule has 1 aromatic heterocycles. The van der Waals surface area contributed by atoms with Gasteiger partial charge in [-0.25, -0.2) is 13.8 Å². The van der Waals surface area contributed by atoms with E-state index in [0.29, 0.717) is 0 Å². The summed E-state index contributed by atoms with van der Waals surface area (Å²) < 4.78 is 31.0. The summed E-state index contributed by atoms with van der Waals surface area (Å²) in [5, 5.41) is 0. The molecule has 2 aromatic rings. The second-order valence-electron chi connectivity index (χ2n) is 3.15. The van der Waals surface area contributed by atoms with Gasteiger partial charge in [-0.3, -0.25) is 4.98 Å². The van der Waals surface area contributed by atoms with Gasteiger partial charge in [0.1, 0.15) is 17.5 Å². The zero-order valence-electron chi connectivity index (χ0n) is 8.70. The highest BCUT2D eigenvalue weighted by Gasteiger charge is 2.07. The number of aromatic nitrogens is 3. The number of nitrogens with zero attached hydrogens (tertiary/aromatic N) is 2. The number of halogens is 2. The molecule has 0 aliphatic rings. The molecule has 0 saturated heterocycles. The number of hydrogen-bond donors (Lipinski definition) is 1. The average Bonchev–Trinajstić information content (AvgIpc) is 2.26. The number of benzene rings is 1. The van der Waals surface area contributed by atoms with Crippen LogP contribution in [0.15, 0.2) is 18.2 Å². The molecule has 7 heteroatoms. The average molecular weight is 255 g/mol. The number of hydrogen-bond acceptors (Lipinski definition) is 4. The smallest absolute Gasteiger partial charge is 0.297 e. The quantitative estimate of drug-likeness (QED) is 0.838. The van der Waals surface area contributed by atoms with E-state index >= 15 is 0 Å². The number of nitrogens with one attached hydrogen (secondary N) is 1. The lowest BCUT2D eigenvalue weighted by Gasteiger charge is -2.04. The monoisotopic (exact) mass is 255 g/mol. The molecule has 4 nitrogen and oxygen atoms in total. The largest absolute Gasteiger partial charge is 0.468 e. The zero-order valence-corrected chi connectivity index (χ0v) is 9.52. The van der Waals surface area contributed by atoms with Gasteiger partial charge in [-0.15, -0.1) is 0 Å². The number of ether oxygens (including phenoxy) is 1. The highest BCUT2D eigenvalue weighted by atomic mass is 32.1. The molecule has 1 N–H and O–H groups in total. The van der Waals surface area contributed by atoms with Crippen molar-refractivity contribution in [3.8, 4) is 17.4 Å². The lowest BCUT2D eigenvalue weighted by atomic mass is 10.2. The fourth-order valence-corrected chi connectivity index (χ4v) is 1.46. The fourth-order valence-electron chi connectivity index (χ4n) is 1.29. The molecular formula is C10H7F2N3OS. The Balaban J connectivity index is 2.59. The normalized spacial score (nSPS) is 10.3. The summed E-state index contributed by atoms with van der Waals surface area (Å²) in [7, 11) is 1.39. The van der Waals surface area contributed by atoms with Crippen LogP contribution in [0.25, 0.3) is 11.4 Å². The minimum atomic E-state index is -0.697. The van der Waals surface area contributed by atoms with E-state index in [-0.39, 0.29) is 22.2 Å². The maximum absolute atomic E-state index is 13.0. The Kier molecular flexibility index (Phi) is 3.10. The van der Waals surface area contributed by atoms with Crippen molar-refractivity contribution in [1.82, 2.24) is 15.0 Å². The molecule has 0 aliphatic heterocycles. The maximum atomic E-state index is 13.0. The first-order valence-corrected chi connectivity index (χ1v) is 4.98. The Bertz CT molecular complexity index is 594. The Morgan fingerprint density at radius 1 is 1.18 bits per heavy atom. The third kappa shape index (κ3) is 2.62. The van der Waals surface area contributed by atoms with Gasteiger partial charge in [0, 0.05) is 11.6 Å². The molecule has 0 spiro atoms. The number of aromatic amines is 1. The topological polar surface area (TPSA) is 50.8 Å². The summed E-state index contributed by atoms with van der Waals surface area (Å²) in [6.07, 6.45) is 0. The van der Waals surface area contributed by atoms with E-state index in [1.807, 2.05) is 0 Å². The van der Waals surface area contributed by atoms with Gasteiger partial charge >= 0.3 is 0 Å². The number of H-pyrrole nitrogens is 1. The molecule has 0 saturated carbocycles. The first-order chi connectivity index (χ1) is 8.08. The van der Waals surface area contributed by atoms with Gasteiger partial charge in [-0.1, -0.05) is 0 Å². The summed E-state index contributed by atoms with van der Waals surface area (Å²) in [5.74, 6) is -1.20. The molecule has 0 unspecified atom stereocenters. The molecule has 2 rings (SSSR count). The molecule has 0 radical (unpaired) electrons. The lowest BCUT2D eigenvalue weighted by Crippen LogP contribution is -1.98. The van der Waals surface area contributed by atoms with Gasteiger partial charge in [0.15, 0.2) is 0 Å². The Hall–Kier alpha value is -1.89. The molecular weight excluding hydrogens is 248 g/mol. The van der Waals surface area contributed by atoms with Gasteiger partial charge in [-0.2, -0.15) is 4.98 Å². The van der Waals surface area contributed by atoms with Crippen molar-refractivity contribution in [1.29, 1.82) is 0 Å². The summed E-state index contributed by atoms with van der Waals surface area (Å²) in [5.41, 5.74) is 0.231. The van der Waals surface area contributed by atoms with Crippen molar-refractivity contribution in [3.63, 3.8) is 0 Å². The van der Waals surface area contributed by atoms with E-state index in [2.05, 4.69) is 15.0 Å². The maximum Gasteiger partial charge on any atom is 0.297 e. The van der Waals surface area contributed by atoms with E-state index in [1.54, 1.807) is 0 Å². The van der Waals surface area contributed by atoms with E-state index in [9.17, 15) is 8.78 Å². The van der Waals surface area contributed by atoms with Crippen LogP contribution in [0.2, 0.25) is 0 Å². The van der Waals surface area contributed by atoms with E-state index < -0.39 is 11.6 Å². The van der Waals surface area contributed by atoms with Crippen LogP contribution in [0.5, 0.6) is 6.01 Å². The van der Waals surface area contributed by atoms with E-state index in [0.717, 1.165) is 18.2 Å². The number of methoxy groups -OCH3 is 1. The minimum Gasteiger partial charge on any atom is -0.468 e. The van der Waals surface area contributed by atoms with Crippen LogP contribution in [-0.4, -0.2) is 22.1 Å². The van der Waals surface area contributed by atoms with Gasteiger partial charge in [0.05, 0.1) is 7.11 Å². The summed E-state index contributed by atoms with van der Waals surface area (Å²) in [4.78, 5) is 10.3. The number of rotatable bonds is 2. The molecule has 17 heavy (non-hydrogen) atoms. The summed E-state index contributed by atoms with van der Waals surface area (Å²) >= 11 is 4.81. The highest BCUT2D eigenvalue weighted by Crippen LogP contribution is 2.18. The zero-order chi connectivity index (χ0) is 12.4. The molecule has 1 aromatic carbocycles. The molecule has 0 atom stereocenters. The first kappa shape index (κ1) is 11.6. The second kappa shape index (κ2) is 4.54. The van der Waals surface area contributed by atoms with Crippen LogP contribution >= 0.6 is 12.2 Å². The molecule has 0 amide bonds. The van der Waals surface area contributed by atoms with Crippen molar-refractivity contribution in [2.45, 2.75) is 0 Å². The Morgan fingerprint density at radius 2 is 1.82 bits per heavy atom. The second-order valence-corrected chi connectivity index (χ2v) is 3.51. The van der Waals surface area contributed by atoms with Crippen molar-refractivity contribution in [2.24, 2.45) is 0 Å². The van der Waals surface area contributed by atoms with Gasteiger partial charge in [0.25, 0.3) is 6.01 Å².